The third-order valence-corrected chi connectivity index (χ3v) is 2.37. The number of nitrogens with zero attached hydrogens (tertiary/aromatic N) is 3. The number of carbonyl (C=O) groups excluding carboxylic acids is 1. The lowest BCUT2D eigenvalue weighted by Gasteiger charge is -2.34. The van der Waals surface area contributed by atoms with Gasteiger partial charge < -0.3 is 4.90 Å². The molecule has 17 heavy (non-hydrogen) atoms. The first-order valence-corrected chi connectivity index (χ1v) is 5.64. The van der Waals surface area contributed by atoms with Gasteiger partial charge in [-0.1, -0.05) is 17.7 Å². The summed E-state index contributed by atoms with van der Waals surface area (Å²) in [6, 6.07) is 0. The second-order valence-electron chi connectivity index (χ2n) is 4.60. The maximum absolute atomic E-state index is 12.3. The second kappa shape index (κ2) is 5.27. The molecule has 0 aliphatic rings. The van der Waals surface area contributed by atoms with E-state index in [1.54, 1.807) is 11.0 Å². The zero-order valence-corrected chi connectivity index (χ0v) is 11.0. The van der Waals surface area contributed by atoms with E-state index in [0.29, 0.717) is 6.54 Å². The third kappa shape index (κ3) is 3.53. The van der Waals surface area contributed by atoms with Gasteiger partial charge in [0, 0.05) is 12.1 Å². The van der Waals surface area contributed by atoms with Gasteiger partial charge in [-0.2, -0.15) is 0 Å². The molecule has 0 saturated heterocycles. The van der Waals surface area contributed by atoms with E-state index >= 15 is 0 Å². The molecule has 1 aromatic heterocycles. The van der Waals surface area contributed by atoms with Crippen molar-refractivity contribution in [2.45, 2.75) is 26.3 Å². The predicted octanol–water partition coefficient (Wildman–Crippen LogP) is 2.56. The molecule has 0 unspecified atom stereocenters. The van der Waals surface area contributed by atoms with Gasteiger partial charge in [0.25, 0.3) is 5.91 Å². The van der Waals surface area contributed by atoms with Gasteiger partial charge in [-0.05, 0) is 20.8 Å². The van der Waals surface area contributed by atoms with E-state index in [9.17, 15) is 4.79 Å². The summed E-state index contributed by atoms with van der Waals surface area (Å²) in [5.41, 5.74) is -0.0655. The summed E-state index contributed by atoms with van der Waals surface area (Å²) in [6.07, 6.45) is 4.49. The Morgan fingerprint density at radius 3 is 2.65 bits per heavy atom. The lowest BCUT2D eigenvalue weighted by atomic mass is 10.1. The van der Waals surface area contributed by atoms with Crippen molar-refractivity contribution < 1.29 is 4.79 Å². The number of halogens is 1. The molecule has 0 aromatic carbocycles. The van der Waals surface area contributed by atoms with Crippen LogP contribution in [0.4, 0.5) is 0 Å². The van der Waals surface area contributed by atoms with Crippen molar-refractivity contribution in [3.63, 3.8) is 0 Å². The molecule has 0 atom stereocenters. The SMILES string of the molecule is C=CCN(C(=O)c1cncc(Cl)n1)C(C)(C)C. The van der Waals surface area contributed by atoms with Crippen LogP contribution in [0.25, 0.3) is 0 Å². The minimum Gasteiger partial charge on any atom is -0.329 e. The minimum atomic E-state index is -0.310. The van der Waals surface area contributed by atoms with Gasteiger partial charge in [-0.25, -0.2) is 4.98 Å². The Balaban J connectivity index is 3.04. The van der Waals surface area contributed by atoms with Crippen molar-refractivity contribution in [1.82, 2.24) is 14.9 Å². The van der Waals surface area contributed by atoms with Crippen LogP contribution in [0.2, 0.25) is 5.15 Å². The van der Waals surface area contributed by atoms with Gasteiger partial charge in [0.05, 0.1) is 12.4 Å². The van der Waals surface area contributed by atoms with Crippen molar-refractivity contribution in [1.29, 1.82) is 0 Å². The van der Waals surface area contributed by atoms with Crippen molar-refractivity contribution >= 4 is 17.5 Å². The molecule has 1 rings (SSSR count). The summed E-state index contributed by atoms with van der Waals surface area (Å²) in [5, 5.41) is 0.211. The summed E-state index contributed by atoms with van der Waals surface area (Å²) in [7, 11) is 0. The molecule has 0 bridgehead atoms. The first-order chi connectivity index (χ1) is 7.86. The second-order valence-corrected chi connectivity index (χ2v) is 4.99. The van der Waals surface area contributed by atoms with E-state index in [0.717, 1.165) is 0 Å². The highest BCUT2D eigenvalue weighted by Gasteiger charge is 2.27. The Morgan fingerprint density at radius 1 is 1.53 bits per heavy atom. The molecule has 1 amide bonds. The molecule has 0 aliphatic heterocycles. The van der Waals surface area contributed by atoms with Crippen LogP contribution < -0.4 is 0 Å². The zero-order chi connectivity index (χ0) is 13.1. The Hall–Kier alpha value is -1.42. The van der Waals surface area contributed by atoms with E-state index in [-0.39, 0.29) is 22.3 Å². The number of hydrogen-bond acceptors (Lipinski definition) is 3. The molecule has 0 fully saturated rings. The van der Waals surface area contributed by atoms with Crippen LogP contribution in [0, 0.1) is 0 Å². The number of amides is 1. The van der Waals surface area contributed by atoms with E-state index in [1.807, 2.05) is 20.8 Å². The van der Waals surface area contributed by atoms with Crippen molar-refractivity contribution in [3.8, 4) is 0 Å². The minimum absolute atomic E-state index is 0.201. The Bertz CT molecular complexity index is 426. The fraction of sp³-hybridized carbons (Fsp3) is 0.417. The summed E-state index contributed by atoms with van der Waals surface area (Å²) < 4.78 is 0. The average Bonchev–Trinajstić information content (AvgIpc) is 2.23. The number of carbonyl (C=O) groups is 1. The van der Waals surface area contributed by atoms with Gasteiger partial charge in [0.1, 0.15) is 10.8 Å². The predicted molar refractivity (Wildman–Crippen MR) is 68.0 cm³/mol. The normalized spacial score (nSPS) is 11.1. The lowest BCUT2D eigenvalue weighted by Crippen LogP contribution is -2.46. The van der Waals surface area contributed by atoms with Gasteiger partial charge in [0.15, 0.2) is 0 Å². The maximum atomic E-state index is 12.3. The van der Waals surface area contributed by atoms with E-state index in [1.165, 1.54) is 12.4 Å². The van der Waals surface area contributed by atoms with E-state index in [4.69, 9.17) is 11.6 Å². The molecule has 0 N–H and O–H groups in total. The number of aromatic nitrogens is 2. The summed E-state index contributed by atoms with van der Waals surface area (Å²) in [5.74, 6) is -0.201. The Labute approximate surface area is 106 Å². The van der Waals surface area contributed by atoms with Gasteiger partial charge >= 0.3 is 0 Å². The van der Waals surface area contributed by atoms with Crippen LogP contribution in [0.1, 0.15) is 31.3 Å². The molecule has 5 heteroatoms. The van der Waals surface area contributed by atoms with Crippen LogP contribution >= 0.6 is 11.6 Å². The highest BCUT2D eigenvalue weighted by Crippen LogP contribution is 2.16. The first kappa shape index (κ1) is 13.6. The quantitative estimate of drug-likeness (QED) is 0.778. The fourth-order valence-corrected chi connectivity index (χ4v) is 1.52. The maximum Gasteiger partial charge on any atom is 0.274 e. The number of hydrogen-bond donors (Lipinski definition) is 0. The van der Waals surface area contributed by atoms with Crippen molar-refractivity contribution in [2.24, 2.45) is 0 Å². The van der Waals surface area contributed by atoms with Crippen molar-refractivity contribution in [2.75, 3.05) is 6.54 Å². The Morgan fingerprint density at radius 2 is 2.18 bits per heavy atom. The first-order valence-electron chi connectivity index (χ1n) is 5.26. The standard InChI is InChI=1S/C12H16ClN3O/c1-5-6-16(12(2,3)4)11(17)9-7-14-8-10(13)15-9/h5,7-8H,1,6H2,2-4H3. The van der Waals surface area contributed by atoms with Crippen LogP contribution in [0.5, 0.6) is 0 Å². The molecule has 0 aliphatic carbocycles. The molecular weight excluding hydrogens is 238 g/mol. The molecule has 92 valence electrons. The molecular formula is C12H16ClN3O. The smallest absolute Gasteiger partial charge is 0.274 e. The highest BCUT2D eigenvalue weighted by atomic mass is 35.5. The average molecular weight is 254 g/mol. The van der Waals surface area contributed by atoms with E-state index in [2.05, 4.69) is 16.5 Å². The van der Waals surface area contributed by atoms with Crippen LogP contribution in [0.3, 0.4) is 0 Å². The van der Waals surface area contributed by atoms with Crippen molar-refractivity contribution in [3.05, 3.63) is 35.9 Å². The molecule has 0 radical (unpaired) electrons. The van der Waals surface area contributed by atoms with Crippen LogP contribution in [-0.2, 0) is 0 Å². The summed E-state index contributed by atoms with van der Waals surface area (Å²) in [6.45, 7) is 9.96. The molecule has 0 spiro atoms. The van der Waals surface area contributed by atoms with E-state index < -0.39 is 0 Å². The van der Waals surface area contributed by atoms with Gasteiger partial charge in [0.2, 0.25) is 0 Å². The lowest BCUT2D eigenvalue weighted by molar-refractivity contribution is 0.0610. The summed E-state index contributed by atoms with van der Waals surface area (Å²) in [4.78, 5) is 21.7. The summed E-state index contributed by atoms with van der Waals surface area (Å²) >= 11 is 5.72. The molecule has 4 nitrogen and oxygen atoms in total. The molecule has 1 aromatic rings. The van der Waals surface area contributed by atoms with Gasteiger partial charge in [-0.15, -0.1) is 6.58 Å². The molecule has 1 heterocycles. The highest BCUT2D eigenvalue weighted by molar-refractivity contribution is 6.29. The fourth-order valence-electron chi connectivity index (χ4n) is 1.37. The largest absolute Gasteiger partial charge is 0.329 e. The van der Waals surface area contributed by atoms with Crippen LogP contribution in [-0.4, -0.2) is 32.9 Å². The number of rotatable bonds is 3. The Kier molecular flexibility index (Phi) is 4.23. The molecule has 0 saturated carbocycles. The van der Waals surface area contributed by atoms with Crippen LogP contribution in [0.15, 0.2) is 25.0 Å². The third-order valence-electron chi connectivity index (χ3n) is 2.19. The monoisotopic (exact) mass is 253 g/mol. The topological polar surface area (TPSA) is 46.1 Å². The van der Waals surface area contributed by atoms with Gasteiger partial charge in [-0.3, -0.25) is 9.78 Å². The zero-order valence-electron chi connectivity index (χ0n) is 10.3.